The fourth-order valence-electron chi connectivity index (χ4n) is 3.44. The van der Waals surface area contributed by atoms with E-state index in [4.69, 9.17) is 11.6 Å². The van der Waals surface area contributed by atoms with E-state index in [0.29, 0.717) is 18.1 Å². The predicted octanol–water partition coefficient (Wildman–Crippen LogP) is 0.510. The van der Waals surface area contributed by atoms with Gasteiger partial charge in [-0.25, -0.2) is 9.48 Å². The smallest absolute Gasteiger partial charge is 0.311 e. The standard InChI is InChI=1S/C19H20ClN2OS.BrH/c20-17-9-7-16(8-10-17)19(23)14-21-11-4-12-24-18(21)22(19)13-15-5-2-1-3-6-15;/h1-3,5-10,23H,4,11-14H2;1H/q+1;/p-1. The zero-order valence-electron chi connectivity index (χ0n) is 13.7. The van der Waals surface area contributed by atoms with Crippen LogP contribution in [0.15, 0.2) is 54.6 Å². The number of halogens is 2. The molecule has 0 aliphatic carbocycles. The number of benzene rings is 2. The van der Waals surface area contributed by atoms with Crippen molar-refractivity contribution < 1.29 is 26.7 Å². The second-order valence-corrected chi connectivity index (χ2v) is 7.80. The molecule has 0 amide bonds. The molecule has 1 unspecified atom stereocenters. The van der Waals surface area contributed by atoms with E-state index in [0.717, 1.165) is 24.3 Å². The van der Waals surface area contributed by atoms with E-state index >= 15 is 0 Å². The van der Waals surface area contributed by atoms with Crippen LogP contribution in [0.3, 0.4) is 0 Å². The molecule has 2 heterocycles. The molecule has 0 fully saturated rings. The Morgan fingerprint density at radius 1 is 1.12 bits per heavy atom. The number of hydrogen-bond donors (Lipinski definition) is 1. The molecule has 2 aliphatic heterocycles. The Morgan fingerprint density at radius 2 is 1.84 bits per heavy atom. The molecule has 25 heavy (non-hydrogen) atoms. The lowest BCUT2D eigenvalue weighted by Crippen LogP contribution is -3.00. The highest BCUT2D eigenvalue weighted by atomic mass is 79.9. The Labute approximate surface area is 168 Å². The zero-order valence-corrected chi connectivity index (χ0v) is 16.9. The molecule has 4 rings (SSSR count). The van der Waals surface area contributed by atoms with E-state index in [-0.39, 0.29) is 17.0 Å². The molecule has 3 nitrogen and oxygen atoms in total. The highest BCUT2D eigenvalue weighted by Gasteiger charge is 2.53. The topological polar surface area (TPSA) is 26.5 Å². The molecule has 0 bridgehead atoms. The van der Waals surface area contributed by atoms with Gasteiger partial charge in [0.15, 0.2) is 6.54 Å². The number of amidine groups is 1. The van der Waals surface area contributed by atoms with Crippen LogP contribution in [0, 0.1) is 0 Å². The molecular weight excluding hydrogens is 420 g/mol. The lowest BCUT2D eigenvalue weighted by Gasteiger charge is -2.28. The second-order valence-electron chi connectivity index (χ2n) is 6.30. The highest BCUT2D eigenvalue weighted by Crippen LogP contribution is 2.37. The molecule has 0 saturated carbocycles. The average molecular weight is 440 g/mol. The molecular formula is C19H20BrClN2OS. The molecule has 6 heteroatoms. The Hall–Kier alpha value is -1.01. The summed E-state index contributed by atoms with van der Waals surface area (Å²) < 4.78 is 2.31. The predicted molar refractivity (Wildman–Crippen MR) is 99.4 cm³/mol. The summed E-state index contributed by atoms with van der Waals surface area (Å²) in [5.74, 6) is 1.10. The van der Waals surface area contributed by atoms with Gasteiger partial charge in [0.2, 0.25) is 0 Å². The summed E-state index contributed by atoms with van der Waals surface area (Å²) in [4.78, 5) is 2.15. The summed E-state index contributed by atoms with van der Waals surface area (Å²) in [6, 6.07) is 17.9. The van der Waals surface area contributed by atoms with Crippen molar-refractivity contribution in [3.8, 4) is 0 Å². The van der Waals surface area contributed by atoms with E-state index < -0.39 is 5.72 Å². The van der Waals surface area contributed by atoms with Crippen LogP contribution in [-0.2, 0) is 12.3 Å². The molecule has 0 spiro atoms. The number of aliphatic hydroxyl groups is 1. The fraction of sp³-hybridized carbons (Fsp3) is 0.316. The zero-order chi connectivity index (χ0) is 16.6. The minimum atomic E-state index is -1.02. The first kappa shape index (κ1) is 18.8. The van der Waals surface area contributed by atoms with Crippen LogP contribution >= 0.6 is 23.4 Å². The van der Waals surface area contributed by atoms with Gasteiger partial charge in [0.25, 0.3) is 5.72 Å². The minimum Gasteiger partial charge on any atom is -1.00 e. The third kappa shape index (κ3) is 3.61. The van der Waals surface area contributed by atoms with Gasteiger partial charge in [-0.05, 0) is 35.9 Å². The lowest BCUT2D eigenvalue weighted by atomic mass is 10.0. The van der Waals surface area contributed by atoms with Crippen LogP contribution in [0.5, 0.6) is 0 Å². The third-order valence-corrected chi connectivity index (χ3v) is 6.13. The number of thioether (sulfide) groups is 1. The molecule has 2 aliphatic rings. The average Bonchev–Trinajstić information content (AvgIpc) is 2.90. The summed E-state index contributed by atoms with van der Waals surface area (Å²) >= 11 is 7.88. The maximum Gasteiger partial charge on any atom is 0.311 e. The van der Waals surface area contributed by atoms with Gasteiger partial charge in [-0.15, -0.1) is 0 Å². The summed E-state index contributed by atoms with van der Waals surface area (Å²) in [5.41, 5.74) is 1.07. The summed E-state index contributed by atoms with van der Waals surface area (Å²) in [7, 11) is 0. The van der Waals surface area contributed by atoms with E-state index in [1.165, 1.54) is 10.7 Å². The van der Waals surface area contributed by atoms with Gasteiger partial charge in [-0.1, -0.05) is 54.1 Å². The van der Waals surface area contributed by atoms with Crippen molar-refractivity contribution >= 4 is 28.5 Å². The molecule has 132 valence electrons. The van der Waals surface area contributed by atoms with Crippen LogP contribution in [-0.4, -0.2) is 38.6 Å². The fourth-order valence-corrected chi connectivity index (χ4v) is 4.73. The van der Waals surface area contributed by atoms with Crippen molar-refractivity contribution in [3.05, 3.63) is 70.7 Å². The van der Waals surface area contributed by atoms with Crippen molar-refractivity contribution in [2.45, 2.75) is 18.7 Å². The molecule has 0 radical (unpaired) electrons. The van der Waals surface area contributed by atoms with Gasteiger partial charge in [-0.2, -0.15) is 0 Å². The quantitative estimate of drug-likeness (QED) is 0.706. The van der Waals surface area contributed by atoms with Gasteiger partial charge in [0.05, 0.1) is 6.54 Å². The van der Waals surface area contributed by atoms with Gasteiger partial charge < -0.3 is 22.1 Å². The lowest BCUT2D eigenvalue weighted by molar-refractivity contribution is -0.532. The first-order valence-corrected chi connectivity index (χ1v) is 9.58. The van der Waals surface area contributed by atoms with Gasteiger partial charge in [0, 0.05) is 16.3 Å². The van der Waals surface area contributed by atoms with Crippen molar-refractivity contribution in [2.24, 2.45) is 0 Å². The largest absolute Gasteiger partial charge is 1.00 e. The van der Waals surface area contributed by atoms with Crippen molar-refractivity contribution in [1.29, 1.82) is 0 Å². The first-order chi connectivity index (χ1) is 11.7. The van der Waals surface area contributed by atoms with E-state index in [2.05, 4.69) is 21.6 Å². The van der Waals surface area contributed by atoms with Gasteiger partial charge in [-0.3, -0.25) is 0 Å². The van der Waals surface area contributed by atoms with Crippen LogP contribution in [0.2, 0.25) is 5.02 Å². The van der Waals surface area contributed by atoms with E-state index in [9.17, 15) is 5.11 Å². The summed E-state index contributed by atoms with van der Waals surface area (Å²) in [5, 5.41) is 13.5. The normalized spacial score (nSPS) is 22.6. The maximum absolute atomic E-state index is 11.6. The Kier molecular flexibility index (Phi) is 5.78. The number of nitrogens with zero attached hydrogens (tertiary/aromatic N) is 2. The second kappa shape index (κ2) is 7.70. The Morgan fingerprint density at radius 3 is 2.56 bits per heavy atom. The van der Waals surface area contributed by atoms with Crippen molar-refractivity contribution in [2.75, 3.05) is 18.8 Å². The van der Waals surface area contributed by atoms with Crippen molar-refractivity contribution in [1.82, 2.24) is 4.90 Å². The molecule has 2 aromatic carbocycles. The minimum absolute atomic E-state index is 0. The molecule has 0 aromatic heterocycles. The Bertz CT molecular complexity index is 769. The summed E-state index contributed by atoms with van der Waals surface area (Å²) in [6.07, 6.45) is 1.16. The van der Waals surface area contributed by atoms with Gasteiger partial charge >= 0.3 is 5.17 Å². The van der Waals surface area contributed by atoms with Crippen LogP contribution in [0.4, 0.5) is 0 Å². The van der Waals surface area contributed by atoms with Crippen LogP contribution in [0.1, 0.15) is 17.5 Å². The van der Waals surface area contributed by atoms with Crippen molar-refractivity contribution in [3.63, 3.8) is 0 Å². The van der Waals surface area contributed by atoms with Gasteiger partial charge in [0.1, 0.15) is 6.54 Å². The highest BCUT2D eigenvalue weighted by molar-refractivity contribution is 8.13. The third-order valence-electron chi connectivity index (χ3n) is 4.65. The van der Waals surface area contributed by atoms with Crippen LogP contribution in [0.25, 0.3) is 0 Å². The summed E-state index contributed by atoms with van der Waals surface area (Å²) in [6.45, 7) is 2.30. The molecule has 0 saturated heterocycles. The molecule has 2 aromatic rings. The number of hydrogen-bond acceptors (Lipinski definition) is 3. The SMILES string of the molecule is OC1(c2ccc(Cl)cc2)C[N+]2=C(SCCC2)N1Cc1ccccc1.[Br-]. The van der Waals surface area contributed by atoms with Crippen LogP contribution < -0.4 is 17.0 Å². The number of rotatable bonds is 3. The monoisotopic (exact) mass is 438 g/mol. The Balaban J connectivity index is 0.00000182. The molecule has 1 atom stereocenters. The molecule has 1 N–H and O–H groups in total. The van der Waals surface area contributed by atoms with E-state index in [1.807, 2.05) is 54.2 Å². The first-order valence-electron chi connectivity index (χ1n) is 8.21. The van der Waals surface area contributed by atoms with E-state index in [1.54, 1.807) is 0 Å². The maximum atomic E-state index is 11.6.